The minimum atomic E-state index is -0.0294. The van der Waals surface area contributed by atoms with E-state index in [0.29, 0.717) is 23.9 Å². The molecule has 9 saturated carbocycles. The van der Waals surface area contributed by atoms with Crippen molar-refractivity contribution in [3.8, 4) is 0 Å². The van der Waals surface area contributed by atoms with Gasteiger partial charge in [0.05, 0.1) is 0 Å². The van der Waals surface area contributed by atoms with Crippen LogP contribution in [0.5, 0.6) is 0 Å². The first-order valence-electron chi connectivity index (χ1n) is 14.1. The Hall–Kier alpha value is -1.06. The van der Waals surface area contributed by atoms with Gasteiger partial charge in [0.1, 0.15) is 0 Å². The Labute approximate surface area is 193 Å². The van der Waals surface area contributed by atoms with Gasteiger partial charge < -0.3 is 10.6 Å². The molecule has 0 saturated heterocycles. The molecule has 0 radical (unpaired) electrons. The third kappa shape index (κ3) is 3.28. The van der Waals surface area contributed by atoms with E-state index in [1.54, 1.807) is 0 Å². The van der Waals surface area contributed by atoms with Crippen LogP contribution in [0.2, 0.25) is 0 Å². The summed E-state index contributed by atoms with van der Waals surface area (Å²) in [6.45, 7) is 0. The molecule has 0 unspecified atom stereocenters. The Morgan fingerprint density at radius 3 is 0.969 bits per heavy atom. The summed E-state index contributed by atoms with van der Waals surface area (Å²) in [7, 11) is 0. The van der Waals surface area contributed by atoms with Crippen LogP contribution in [0.3, 0.4) is 0 Å². The second-order valence-corrected chi connectivity index (χ2v) is 13.9. The van der Waals surface area contributed by atoms with E-state index in [9.17, 15) is 9.59 Å². The van der Waals surface area contributed by atoms with Crippen LogP contribution in [0.25, 0.3) is 0 Å². The van der Waals surface area contributed by atoms with Crippen molar-refractivity contribution < 1.29 is 9.59 Å². The summed E-state index contributed by atoms with van der Waals surface area (Å²) < 4.78 is 0. The first-order chi connectivity index (χ1) is 15.5. The zero-order valence-electron chi connectivity index (χ0n) is 19.7. The summed E-state index contributed by atoms with van der Waals surface area (Å²) in [5, 5.41) is 7.01. The molecule has 4 heteroatoms. The highest BCUT2D eigenvalue weighted by atomic mass is 16.2. The van der Waals surface area contributed by atoms with Crippen LogP contribution in [0.15, 0.2) is 0 Å². The second-order valence-electron chi connectivity index (χ2n) is 13.9. The maximum atomic E-state index is 13.4. The van der Waals surface area contributed by atoms with Crippen molar-refractivity contribution in [1.29, 1.82) is 0 Å². The fourth-order valence-electron chi connectivity index (χ4n) is 10.8. The molecule has 2 amide bonds. The summed E-state index contributed by atoms with van der Waals surface area (Å²) in [6, 6.07) is 0.645. The predicted molar refractivity (Wildman–Crippen MR) is 124 cm³/mol. The lowest BCUT2D eigenvalue weighted by molar-refractivity contribution is -0.148. The van der Waals surface area contributed by atoms with E-state index in [-0.39, 0.29) is 10.8 Å². The lowest BCUT2D eigenvalue weighted by atomic mass is 9.49. The number of rotatable bonds is 4. The molecule has 2 N–H and O–H groups in total. The van der Waals surface area contributed by atoms with Gasteiger partial charge in [-0.1, -0.05) is 0 Å². The molecule has 0 atom stereocenters. The molecule has 8 bridgehead atoms. The maximum absolute atomic E-state index is 13.4. The van der Waals surface area contributed by atoms with Gasteiger partial charge in [-0.25, -0.2) is 0 Å². The minimum Gasteiger partial charge on any atom is -0.353 e. The summed E-state index contributed by atoms with van der Waals surface area (Å²) >= 11 is 0. The van der Waals surface area contributed by atoms with Gasteiger partial charge in [0, 0.05) is 22.9 Å². The monoisotopic (exact) mass is 438 g/mol. The molecule has 0 aromatic carbocycles. The average molecular weight is 439 g/mol. The average Bonchev–Trinajstić information content (AvgIpc) is 2.73. The highest BCUT2D eigenvalue weighted by molar-refractivity contribution is 5.84. The van der Waals surface area contributed by atoms with Crippen molar-refractivity contribution in [2.75, 3.05) is 0 Å². The van der Waals surface area contributed by atoms with E-state index in [2.05, 4.69) is 10.6 Å². The van der Waals surface area contributed by atoms with Crippen molar-refractivity contribution in [3.63, 3.8) is 0 Å². The third-order valence-corrected chi connectivity index (χ3v) is 11.4. The van der Waals surface area contributed by atoms with Gasteiger partial charge >= 0.3 is 0 Å². The van der Waals surface area contributed by atoms with Crippen LogP contribution in [0, 0.1) is 46.3 Å². The van der Waals surface area contributed by atoms with Crippen LogP contribution in [-0.2, 0) is 9.59 Å². The second kappa shape index (κ2) is 7.22. The van der Waals surface area contributed by atoms with E-state index in [4.69, 9.17) is 0 Å². The van der Waals surface area contributed by atoms with Crippen molar-refractivity contribution in [2.45, 2.75) is 115 Å². The normalized spacial score (nSPS) is 52.8. The van der Waals surface area contributed by atoms with E-state index in [1.165, 1.54) is 38.5 Å². The topological polar surface area (TPSA) is 58.2 Å². The first-order valence-corrected chi connectivity index (χ1v) is 14.1. The molecule has 9 rings (SSSR count). The molecule has 9 aliphatic carbocycles. The molecule has 32 heavy (non-hydrogen) atoms. The molecule has 0 spiro atoms. The number of amides is 2. The zero-order chi connectivity index (χ0) is 21.5. The molecular formula is C28H42N2O2. The van der Waals surface area contributed by atoms with Crippen LogP contribution in [0.1, 0.15) is 103 Å². The van der Waals surface area contributed by atoms with Crippen LogP contribution < -0.4 is 10.6 Å². The lowest BCUT2D eigenvalue weighted by Gasteiger charge is -2.56. The van der Waals surface area contributed by atoms with Crippen LogP contribution >= 0.6 is 0 Å². The number of hydrogen-bond donors (Lipinski definition) is 2. The third-order valence-electron chi connectivity index (χ3n) is 11.4. The Kier molecular flexibility index (Phi) is 4.58. The highest BCUT2D eigenvalue weighted by Crippen LogP contribution is 2.61. The molecule has 0 aliphatic heterocycles. The minimum absolute atomic E-state index is 0.0294. The molecule has 9 aliphatic rings. The first kappa shape index (κ1) is 20.3. The molecule has 0 aromatic heterocycles. The molecule has 9 fully saturated rings. The van der Waals surface area contributed by atoms with Gasteiger partial charge in [0.25, 0.3) is 0 Å². The summed E-state index contributed by atoms with van der Waals surface area (Å²) in [4.78, 5) is 26.8. The predicted octanol–water partition coefficient (Wildman–Crippen LogP) is 4.96. The standard InChI is InChI=1S/C28H42N2O2/c31-25(27-11-17-5-18(12-27)7-19(6-17)13-27)29-23-1-2-24(4-3-23)30-26(32)28-14-20-8-21(15-28)10-22(9-20)16-28/h17-24H,1-16H2,(H,29,31)(H,30,32). The van der Waals surface area contributed by atoms with Gasteiger partial charge in [-0.05, 0) is 138 Å². The summed E-state index contributed by atoms with van der Waals surface area (Å²) in [5.74, 6) is 5.70. The zero-order valence-corrected chi connectivity index (χ0v) is 19.7. The number of nitrogens with one attached hydrogen (secondary N) is 2. The number of carbonyl (C=O) groups excluding carboxylic acids is 2. The van der Waals surface area contributed by atoms with Gasteiger partial charge in [0.15, 0.2) is 0 Å². The van der Waals surface area contributed by atoms with Gasteiger partial charge in [-0.2, -0.15) is 0 Å². The van der Waals surface area contributed by atoms with E-state index >= 15 is 0 Å². The lowest BCUT2D eigenvalue weighted by Crippen LogP contribution is -2.57. The largest absolute Gasteiger partial charge is 0.353 e. The molecule has 0 aromatic rings. The molecule has 0 heterocycles. The van der Waals surface area contributed by atoms with E-state index in [0.717, 1.165) is 99.7 Å². The van der Waals surface area contributed by atoms with Crippen LogP contribution in [0.4, 0.5) is 0 Å². The maximum Gasteiger partial charge on any atom is 0.226 e. The Morgan fingerprint density at radius 2 is 0.719 bits per heavy atom. The van der Waals surface area contributed by atoms with Crippen molar-refractivity contribution in [1.82, 2.24) is 10.6 Å². The van der Waals surface area contributed by atoms with Crippen molar-refractivity contribution >= 4 is 11.8 Å². The number of carbonyl (C=O) groups is 2. The van der Waals surface area contributed by atoms with Gasteiger partial charge in [0.2, 0.25) is 11.8 Å². The van der Waals surface area contributed by atoms with Gasteiger partial charge in [-0.3, -0.25) is 9.59 Å². The highest BCUT2D eigenvalue weighted by Gasteiger charge is 2.56. The number of hydrogen-bond acceptors (Lipinski definition) is 2. The van der Waals surface area contributed by atoms with E-state index in [1.807, 2.05) is 0 Å². The Morgan fingerprint density at radius 1 is 0.469 bits per heavy atom. The molecular weight excluding hydrogens is 396 g/mol. The van der Waals surface area contributed by atoms with E-state index < -0.39 is 0 Å². The van der Waals surface area contributed by atoms with Crippen LogP contribution in [-0.4, -0.2) is 23.9 Å². The fraction of sp³-hybridized carbons (Fsp3) is 0.929. The van der Waals surface area contributed by atoms with Gasteiger partial charge in [-0.15, -0.1) is 0 Å². The SMILES string of the molecule is O=C(NC1CCC(NC(=O)C23CC4CC(CC(C4)C2)C3)CC1)C12CC3CC(CC(C3)C1)C2. The molecule has 176 valence electrons. The fourth-order valence-corrected chi connectivity index (χ4v) is 10.8. The smallest absolute Gasteiger partial charge is 0.226 e. The Bertz CT molecular complexity index is 659. The Balaban J connectivity index is 0.931. The molecule has 4 nitrogen and oxygen atoms in total. The van der Waals surface area contributed by atoms with Crippen molar-refractivity contribution in [2.24, 2.45) is 46.3 Å². The quantitative estimate of drug-likeness (QED) is 0.651. The van der Waals surface area contributed by atoms with Crippen molar-refractivity contribution in [3.05, 3.63) is 0 Å². The summed E-state index contributed by atoms with van der Waals surface area (Å²) in [5.41, 5.74) is -0.0589. The summed E-state index contributed by atoms with van der Waals surface area (Å²) in [6.07, 6.45) is 19.4.